The summed E-state index contributed by atoms with van der Waals surface area (Å²) in [6.07, 6.45) is 2.08. The second-order valence-electron chi connectivity index (χ2n) is 6.57. The standard InChI is InChI=1S/C16H17ClFN5O2S/c1-26(24,25)16-21-14(20-9-2-3-13(18)12(17)5-9)6-15(22-16)23-8-10-4-11(23)7-19-10/h2-3,5-6,10-11,19H,4,7-8H2,1H3,(H,20,21,22)/t10-,11-/m1/s1. The highest BCUT2D eigenvalue weighted by atomic mass is 35.5. The van der Waals surface area contributed by atoms with Crippen molar-refractivity contribution < 1.29 is 12.8 Å². The summed E-state index contributed by atoms with van der Waals surface area (Å²) in [5.41, 5.74) is 0.505. The number of hydrogen-bond donors (Lipinski definition) is 2. The number of halogens is 2. The maximum atomic E-state index is 13.3. The first kappa shape index (κ1) is 17.4. The van der Waals surface area contributed by atoms with E-state index in [9.17, 15) is 12.8 Å². The summed E-state index contributed by atoms with van der Waals surface area (Å²) >= 11 is 5.80. The van der Waals surface area contributed by atoms with Crippen molar-refractivity contribution in [1.29, 1.82) is 0 Å². The Bertz CT molecular complexity index is 971. The molecule has 2 aliphatic heterocycles. The van der Waals surface area contributed by atoms with Crippen LogP contribution in [0.5, 0.6) is 0 Å². The molecule has 0 aliphatic carbocycles. The fourth-order valence-corrected chi connectivity index (χ4v) is 4.06. The highest BCUT2D eigenvalue weighted by Gasteiger charge is 2.38. The zero-order chi connectivity index (χ0) is 18.5. The van der Waals surface area contributed by atoms with E-state index in [1.165, 1.54) is 18.2 Å². The van der Waals surface area contributed by atoms with Gasteiger partial charge in [0.2, 0.25) is 9.84 Å². The van der Waals surface area contributed by atoms with Gasteiger partial charge in [0.25, 0.3) is 5.16 Å². The topological polar surface area (TPSA) is 87.2 Å². The molecular formula is C16H17ClFN5O2S. The van der Waals surface area contributed by atoms with E-state index >= 15 is 0 Å². The molecule has 0 spiro atoms. The van der Waals surface area contributed by atoms with Crippen molar-refractivity contribution >= 4 is 38.8 Å². The summed E-state index contributed by atoms with van der Waals surface area (Å²) < 4.78 is 37.4. The van der Waals surface area contributed by atoms with E-state index < -0.39 is 15.7 Å². The van der Waals surface area contributed by atoms with E-state index in [0.717, 1.165) is 25.8 Å². The van der Waals surface area contributed by atoms with Crippen LogP contribution in [-0.4, -0.2) is 49.8 Å². The summed E-state index contributed by atoms with van der Waals surface area (Å²) in [5.74, 6) is 0.344. The third-order valence-electron chi connectivity index (χ3n) is 4.57. The molecule has 2 saturated heterocycles. The molecule has 3 heterocycles. The second-order valence-corrected chi connectivity index (χ2v) is 8.88. The van der Waals surface area contributed by atoms with Crippen molar-refractivity contribution in [2.45, 2.75) is 23.7 Å². The summed E-state index contributed by atoms with van der Waals surface area (Å²) in [6, 6.07) is 6.53. The van der Waals surface area contributed by atoms with Gasteiger partial charge in [-0.05, 0) is 24.6 Å². The highest BCUT2D eigenvalue weighted by molar-refractivity contribution is 7.90. The first-order chi connectivity index (χ1) is 12.3. The van der Waals surface area contributed by atoms with Crippen molar-refractivity contribution in [2.75, 3.05) is 29.6 Å². The number of nitrogens with one attached hydrogen (secondary N) is 2. The van der Waals surface area contributed by atoms with Crippen LogP contribution in [0.2, 0.25) is 5.02 Å². The van der Waals surface area contributed by atoms with Crippen molar-refractivity contribution in [3.8, 4) is 0 Å². The number of benzene rings is 1. The lowest BCUT2D eigenvalue weighted by Gasteiger charge is -2.28. The van der Waals surface area contributed by atoms with Crippen LogP contribution in [0.4, 0.5) is 21.7 Å². The lowest BCUT2D eigenvalue weighted by molar-refractivity contribution is 0.571. The third-order valence-corrected chi connectivity index (χ3v) is 5.70. The number of rotatable bonds is 4. The Morgan fingerprint density at radius 2 is 2.15 bits per heavy atom. The molecule has 138 valence electrons. The van der Waals surface area contributed by atoms with Crippen LogP contribution in [0.25, 0.3) is 0 Å². The minimum atomic E-state index is -3.59. The number of fused-ring (bicyclic) bond motifs is 2. The van der Waals surface area contributed by atoms with Gasteiger partial charge in [-0.2, -0.15) is 0 Å². The van der Waals surface area contributed by atoms with E-state index in [4.69, 9.17) is 11.6 Å². The molecule has 2 aliphatic rings. The molecule has 0 radical (unpaired) electrons. The minimum Gasteiger partial charge on any atom is -0.351 e. The van der Waals surface area contributed by atoms with Gasteiger partial charge in [0.15, 0.2) is 0 Å². The van der Waals surface area contributed by atoms with E-state index in [1.54, 1.807) is 6.07 Å². The molecule has 26 heavy (non-hydrogen) atoms. The Morgan fingerprint density at radius 1 is 1.35 bits per heavy atom. The van der Waals surface area contributed by atoms with Crippen LogP contribution in [-0.2, 0) is 9.84 Å². The average Bonchev–Trinajstić information content (AvgIpc) is 3.20. The van der Waals surface area contributed by atoms with Gasteiger partial charge < -0.3 is 15.5 Å². The Labute approximate surface area is 155 Å². The van der Waals surface area contributed by atoms with Gasteiger partial charge in [-0.15, -0.1) is 0 Å². The monoisotopic (exact) mass is 397 g/mol. The van der Waals surface area contributed by atoms with Gasteiger partial charge >= 0.3 is 0 Å². The summed E-state index contributed by atoms with van der Waals surface area (Å²) in [6.45, 7) is 1.62. The first-order valence-corrected chi connectivity index (χ1v) is 10.4. The Morgan fingerprint density at radius 3 is 2.77 bits per heavy atom. The third kappa shape index (κ3) is 3.34. The predicted molar refractivity (Wildman–Crippen MR) is 97.4 cm³/mol. The average molecular weight is 398 g/mol. The highest BCUT2D eigenvalue weighted by Crippen LogP contribution is 2.31. The zero-order valence-electron chi connectivity index (χ0n) is 13.9. The molecule has 4 rings (SSSR count). The van der Waals surface area contributed by atoms with Crippen LogP contribution < -0.4 is 15.5 Å². The van der Waals surface area contributed by atoms with E-state index in [2.05, 4.69) is 25.5 Å². The first-order valence-electron chi connectivity index (χ1n) is 8.11. The van der Waals surface area contributed by atoms with E-state index in [1.807, 2.05) is 0 Å². The number of aromatic nitrogens is 2. The lowest BCUT2D eigenvalue weighted by Crippen LogP contribution is -2.44. The maximum absolute atomic E-state index is 13.3. The summed E-state index contributed by atoms with van der Waals surface area (Å²) in [5, 5.41) is 6.10. The summed E-state index contributed by atoms with van der Waals surface area (Å²) in [4.78, 5) is 10.4. The predicted octanol–water partition coefficient (Wildman–Crippen LogP) is 1.97. The van der Waals surface area contributed by atoms with Crippen LogP contribution >= 0.6 is 11.6 Å². The van der Waals surface area contributed by atoms with Crippen LogP contribution in [0.1, 0.15) is 6.42 Å². The number of nitrogens with zero attached hydrogens (tertiary/aromatic N) is 3. The van der Waals surface area contributed by atoms with E-state index in [-0.39, 0.29) is 16.2 Å². The molecule has 2 bridgehead atoms. The molecule has 0 unspecified atom stereocenters. The van der Waals surface area contributed by atoms with Crippen molar-refractivity contribution in [3.63, 3.8) is 0 Å². The molecule has 1 aromatic heterocycles. The van der Waals surface area contributed by atoms with Crippen LogP contribution in [0, 0.1) is 5.82 Å². The summed E-state index contributed by atoms with van der Waals surface area (Å²) in [7, 11) is -3.59. The zero-order valence-corrected chi connectivity index (χ0v) is 15.5. The number of hydrogen-bond acceptors (Lipinski definition) is 7. The smallest absolute Gasteiger partial charge is 0.250 e. The lowest BCUT2D eigenvalue weighted by atomic mass is 10.2. The fraction of sp³-hybridized carbons (Fsp3) is 0.375. The van der Waals surface area contributed by atoms with Crippen molar-refractivity contribution in [3.05, 3.63) is 35.1 Å². The van der Waals surface area contributed by atoms with E-state index in [0.29, 0.717) is 23.4 Å². The van der Waals surface area contributed by atoms with Gasteiger partial charge in [0.1, 0.15) is 17.5 Å². The largest absolute Gasteiger partial charge is 0.351 e. The molecule has 0 amide bonds. The van der Waals surface area contributed by atoms with Gasteiger partial charge in [0.05, 0.1) is 5.02 Å². The van der Waals surface area contributed by atoms with Gasteiger partial charge in [-0.25, -0.2) is 22.8 Å². The molecule has 7 nitrogen and oxygen atoms in total. The Hall–Kier alpha value is -1.97. The van der Waals surface area contributed by atoms with Crippen LogP contribution in [0.3, 0.4) is 0 Å². The maximum Gasteiger partial charge on any atom is 0.250 e. The SMILES string of the molecule is CS(=O)(=O)c1nc(Nc2ccc(F)c(Cl)c2)cc(N2C[C@H]3C[C@@H]2CN3)n1. The molecular weight excluding hydrogens is 381 g/mol. The Kier molecular flexibility index (Phi) is 4.25. The molecule has 0 saturated carbocycles. The second kappa shape index (κ2) is 6.33. The van der Waals surface area contributed by atoms with Crippen molar-refractivity contribution in [2.24, 2.45) is 0 Å². The molecule has 2 aromatic rings. The molecule has 2 fully saturated rings. The quantitative estimate of drug-likeness (QED) is 0.762. The molecule has 10 heteroatoms. The van der Waals surface area contributed by atoms with Gasteiger partial charge in [0, 0.05) is 43.2 Å². The van der Waals surface area contributed by atoms with Gasteiger partial charge in [-0.3, -0.25) is 0 Å². The molecule has 2 N–H and O–H groups in total. The number of sulfone groups is 1. The van der Waals surface area contributed by atoms with Crippen molar-refractivity contribution in [1.82, 2.24) is 15.3 Å². The van der Waals surface area contributed by atoms with Crippen LogP contribution in [0.15, 0.2) is 29.4 Å². The fourth-order valence-electron chi connectivity index (χ4n) is 3.35. The number of piperazine rings is 1. The molecule has 2 atom stereocenters. The normalized spacial score (nSPS) is 22.0. The molecule has 1 aromatic carbocycles. The minimum absolute atomic E-state index is 0.0319. The van der Waals surface area contributed by atoms with Gasteiger partial charge in [-0.1, -0.05) is 11.6 Å². The Balaban J connectivity index is 1.71. The number of anilines is 3.